The van der Waals surface area contributed by atoms with Crippen LogP contribution >= 0.6 is 0 Å². The molecule has 1 rings (SSSR count). The van der Waals surface area contributed by atoms with E-state index in [0.29, 0.717) is 6.42 Å². The molecular weight excluding hydrogens is 196 g/mol. The number of hydrogen-bond acceptors (Lipinski definition) is 4. The first-order chi connectivity index (χ1) is 6.15. The lowest BCUT2D eigenvalue weighted by atomic mass is 9.92. The van der Waals surface area contributed by atoms with Gasteiger partial charge in [-0.1, -0.05) is 0 Å². The van der Waals surface area contributed by atoms with Crippen LogP contribution in [0.15, 0.2) is 0 Å². The highest BCUT2D eigenvalue weighted by atomic mass is 32.2. The molecule has 0 saturated heterocycles. The largest absolute Gasteiger partial charge is 0.388 e. The second kappa shape index (κ2) is 5.02. The van der Waals surface area contributed by atoms with Gasteiger partial charge in [0.1, 0.15) is 12.2 Å². The molecule has 0 aromatic carbocycles. The monoisotopic (exact) mass is 210 g/mol. The molecule has 1 aliphatic carbocycles. The summed E-state index contributed by atoms with van der Waals surface area (Å²) in [5.74, 6) is 0. The molecule has 1 fully saturated rings. The Kier molecular flexibility index (Phi) is 4.27. The average Bonchev–Trinajstić information content (AvgIpc) is 2.08. The Hall–Kier alpha value is -0.0100. The van der Waals surface area contributed by atoms with E-state index in [0.717, 1.165) is 12.8 Å². The molecule has 4 atom stereocenters. The lowest BCUT2D eigenvalue weighted by Gasteiger charge is -2.32. The Balaban J connectivity index is 2.49. The first kappa shape index (κ1) is 11.1. The van der Waals surface area contributed by atoms with Gasteiger partial charge in [0, 0.05) is 7.11 Å². The van der Waals surface area contributed by atoms with E-state index in [2.05, 4.69) is 4.18 Å². The molecular formula is C7H14O5S. The van der Waals surface area contributed by atoms with Crippen molar-refractivity contribution in [3.05, 3.63) is 0 Å². The number of rotatable bonds is 3. The van der Waals surface area contributed by atoms with Gasteiger partial charge in [-0.05, 0) is 19.3 Å². The number of hydrogen-bond donors (Lipinski definition) is 2. The molecule has 5 nitrogen and oxygen atoms in total. The fraction of sp³-hybridized carbons (Fsp3) is 1.00. The topological polar surface area (TPSA) is 76.0 Å². The summed E-state index contributed by atoms with van der Waals surface area (Å²) in [5, 5.41) is 9.58. The summed E-state index contributed by atoms with van der Waals surface area (Å²) >= 11 is -2.32. The van der Waals surface area contributed by atoms with Crippen LogP contribution in [0.4, 0.5) is 0 Å². The van der Waals surface area contributed by atoms with Crippen molar-refractivity contribution in [1.82, 2.24) is 0 Å². The van der Waals surface area contributed by atoms with Gasteiger partial charge in [0.15, 0.2) is 0 Å². The molecule has 0 heterocycles. The third-order valence-electron chi connectivity index (χ3n) is 2.25. The zero-order valence-electron chi connectivity index (χ0n) is 7.38. The van der Waals surface area contributed by atoms with Crippen LogP contribution in [0.5, 0.6) is 0 Å². The summed E-state index contributed by atoms with van der Waals surface area (Å²) in [7, 11) is 1.51. The minimum absolute atomic E-state index is 0.290. The predicted octanol–water partition coefficient (Wildman–Crippen LogP) is 0.0681. The fourth-order valence-corrected chi connectivity index (χ4v) is 1.99. The van der Waals surface area contributed by atoms with Gasteiger partial charge in [-0.15, -0.1) is 0 Å². The van der Waals surface area contributed by atoms with Crippen molar-refractivity contribution in [1.29, 1.82) is 0 Å². The van der Waals surface area contributed by atoms with E-state index >= 15 is 0 Å². The van der Waals surface area contributed by atoms with E-state index in [1.807, 2.05) is 0 Å². The minimum atomic E-state index is -2.32. The molecule has 13 heavy (non-hydrogen) atoms. The Bertz CT molecular complexity index is 186. The zero-order chi connectivity index (χ0) is 9.84. The molecule has 0 radical (unpaired) electrons. The van der Waals surface area contributed by atoms with Crippen LogP contribution in [0.1, 0.15) is 19.3 Å². The van der Waals surface area contributed by atoms with Gasteiger partial charge in [-0.2, -0.15) is 4.21 Å². The molecule has 6 heteroatoms. The second-order valence-electron chi connectivity index (χ2n) is 3.05. The Morgan fingerprint density at radius 1 is 1.38 bits per heavy atom. The quantitative estimate of drug-likeness (QED) is 0.645. The first-order valence-electron chi connectivity index (χ1n) is 4.14. The van der Waals surface area contributed by atoms with Gasteiger partial charge in [-0.3, -0.25) is 8.74 Å². The van der Waals surface area contributed by atoms with Crippen molar-refractivity contribution in [3.8, 4) is 0 Å². The van der Waals surface area contributed by atoms with E-state index in [1.54, 1.807) is 0 Å². The van der Waals surface area contributed by atoms with Crippen molar-refractivity contribution >= 4 is 11.4 Å². The van der Waals surface area contributed by atoms with Gasteiger partial charge in [0.05, 0.1) is 6.10 Å². The molecule has 0 bridgehead atoms. The number of methoxy groups -OCH3 is 1. The van der Waals surface area contributed by atoms with Gasteiger partial charge < -0.3 is 9.84 Å². The highest BCUT2D eigenvalue weighted by Crippen LogP contribution is 2.24. The number of aliphatic hydroxyl groups excluding tert-OH is 1. The second-order valence-corrected chi connectivity index (χ2v) is 3.67. The summed E-state index contributed by atoms with van der Waals surface area (Å²) < 4.78 is 28.5. The van der Waals surface area contributed by atoms with Crippen LogP contribution in [0, 0.1) is 0 Å². The predicted molar refractivity (Wildman–Crippen MR) is 46.3 cm³/mol. The van der Waals surface area contributed by atoms with Crippen LogP contribution in [0.25, 0.3) is 0 Å². The smallest absolute Gasteiger partial charge is 0.302 e. The summed E-state index contributed by atoms with van der Waals surface area (Å²) in [6.07, 6.45) is 0.488. The Labute approximate surface area is 79.5 Å². The van der Waals surface area contributed by atoms with Crippen LogP contribution in [-0.2, 0) is 20.3 Å². The summed E-state index contributed by atoms with van der Waals surface area (Å²) in [6, 6.07) is 0. The van der Waals surface area contributed by atoms with E-state index in [9.17, 15) is 9.32 Å². The van der Waals surface area contributed by atoms with Crippen molar-refractivity contribution in [3.63, 3.8) is 0 Å². The Morgan fingerprint density at radius 2 is 2.00 bits per heavy atom. The SMILES string of the molecule is COC1CCCC(OS(=O)O)C1O. The standard InChI is InChI=1S/C7H14O5S/c1-11-5-3-2-4-6(7(5)8)12-13(9)10/h5-8H,2-4H2,1H3,(H,9,10). The maximum Gasteiger partial charge on any atom is 0.302 e. The summed E-state index contributed by atoms with van der Waals surface area (Å²) in [6.45, 7) is 0. The molecule has 0 spiro atoms. The van der Waals surface area contributed by atoms with Crippen LogP contribution in [-0.4, -0.2) is 39.3 Å². The van der Waals surface area contributed by atoms with Crippen LogP contribution in [0.2, 0.25) is 0 Å². The molecule has 78 valence electrons. The van der Waals surface area contributed by atoms with E-state index < -0.39 is 23.6 Å². The van der Waals surface area contributed by atoms with Gasteiger partial charge in [0.2, 0.25) is 0 Å². The maximum atomic E-state index is 10.3. The molecule has 0 amide bonds. The van der Waals surface area contributed by atoms with Crippen molar-refractivity contribution in [2.45, 2.75) is 37.6 Å². The molecule has 1 saturated carbocycles. The first-order valence-corrected chi connectivity index (χ1v) is 5.17. The van der Waals surface area contributed by atoms with E-state index in [4.69, 9.17) is 9.29 Å². The van der Waals surface area contributed by atoms with Gasteiger partial charge in [0.25, 0.3) is 0 Å². The van der Waals surface area contributed by atoms with Crippen LogP contribution < -0.4 is 0 Å². The number of aliphatic hydroxyl groups is 1. The Morgan fingerprint density at radius 3 is 2.54 bits per heavy atom. The van der Waals surface area contributed by atoms with Crippen molar-refractivity contribution in [2.75, 3.05) is 7.11 Å². The van der Waals surface area contributed by atoms with Crippen molar-refractivity contribution in [2.24, 2.45) is 0 Å². The highest BCUT2D eigenvalue weighted by molar-refractivity contribution is 7.74. The van der Waals surface area contributed by atoms with Gasteiger partial charge >= 0.3 is 11.4 Å². The molecule has 0 aromatic heterocycles. The molecule has 1 aliphatic rings. The number of ether oxygens (including phenoxy) is 1. The van der Waals surface area contributed by atoms with E-state index in [1.165, 1.54) is 7.11 Å². The maximum absolute atomic E-state index is 10.3. The normalized spacial score (nSPS) is 37.3. The average molecular weight is 210 g/mol. The molecule has 2 N–H and O–H groups in total. The molecule has 0 aromatic rings. The molecule has 4 unspecified atom stereocenters. The third kappa shape index (κ3) is 2.99. The van der Waals surface area contributed by atoms with Crippen LogP contribution in [0.3, 0.4) is 0 Å². The third-order valence-corrected chi connectivity index (χ3v) is 2.66. The minimum Gasteiger partial charge on any atom is -0.388 e. The highest BCUT2D eigenvalue weighted by Gasteiger charge is 2.33. The van der Waals surface area contributed by atoms with E-state index in [-0.39, 0.29) is 6.10 Å². The summed E-state index contributed by atoms with van der Waals surface area (Å²) in [4.78, 5) is 0. The lowest BCUT2D eigenvalue weighted by Crippen LogP contribution is -2.43. The van der Waals surface area contributed by atoms with Crippen molar-refractivity contribution < 1.29 is 22.8 Å². The lowest BCUT2D eigenvalue weighted by molar-refractivity contribution is -0.0893. The fourth-order valence-electron chi connectivity index (χ4n) is 1.57. The molecule has 0 aliphatic heterocycles. The van der Waals surface area contributed by atoms with Gasteiger partial charge in [-0.25, -0.2) is 0 Å². The zero-order valence-corrected chi connectivity index (χ0v) is 8.20. The summed E-state index contributed by atoms with van der Waals surface area (Å²) in [5.41, 5.74) is 0.